The van der Waals surface area contributed by atoms with E-state index in [-0.39, 0.29) is 5.56 Å². The van der Waals surface area contributed by atoms with Crippen LogP contribution in [0.1, 0.15) is 28.6 Å². The van der Waals surface area contributed by atoms with Crippen LogP contribution in [0.5, 0.6) is 0 Å². The molecule has 0 saturated heterocycles. The number of anilines is 1. The zero-order valence-electron chi connectivity index (χ0n) is 16.7. The fraction of sp³-hybridized carbons (Fsp3) is 0.130. The van der Waals surface area contributed by atoms with Gasteiger partial charge in [-0.15, -0.1) is 11.3 Å². The minimum Gasteiger partial charge on any atom is -0.460 e. The number of nitrogens with one attached hydrogen (secondary N) is 1. The number of hydrogen-bond acceptors (Lipinski definition) is 7. The Morgan fingerprint density at radius 3 is 2.77 bits per heavy atom. The molecule has 3 aromatic heterocycles. The smallest absolute Gasteiger partial charge is 0.339 e. The molecule has 4 rings (SSSR count). The molecule has 8 heteroatoms. The number of esters is 1. The van der Waals surface area contributed by atoms with E-state index in [0.29, 0.717) is 32.9 Å². The number of para-hydroxylation sites is 1. The number of fused-ring (bicyclic) bond motifs is 1. The minimum atomic E-state index is -1.07. The summed E-state index contributed by atoms with van der Waals surface area (Å²) in [7, 11) is 0. The van der Waals surface area contributed by atoms with Crippen LogP contribution in [0.15, 0.2) is 58.3 Å². The SMILES string of the molecule is Cc1ccc(-c2cc(C(=O)OC(C)C(=O)Nc3sccc3C#N)c3ccccc3n2)o1. The number of benzene rings is 1. The number of nitrogens with zero attached hydrogens (tertiary/aromatic N) is 2. The molecule has 0 fully saturated rings. The molecule has 0 saturated carbocycles. The second-order valence-electron chi connectivity index (χ2n) is 6.79. The van der Waals surface area contributed by atoms with Gasteiger partial charge in [0.25, 0.3) is 5.91 Å². The van der Waals surface area contributed by atoms with Crippen LogP contribution in [-0.4, -0.2) is 23.0 Å². The summed E-state index contributed by atoms with van der Waals surface area (Å²) in [4.78, 5) is 30.0. The molecule has 3 heterocycles. The summed E-state index contributed by atoms with van der Waals surface area (Å²) in [6.45, 7) is 3.30. The Bertz CT molecular complexity index is 1330. The summed E-state index contributed by atoms with van der Waals surface area (Å²) in [5.41, 5.74) is 1.74. The molecule has 4 aromatic rings. The summed E-state index contributed by atoms with van der Waals surface area (Å²) >= 11 is 1.22. The largest absolute Gasteiger partial charge is 0.460 e. The van der Waals surface area contributed by atoms with Gasteiger partial charge in [-0.1, -0.05) is 18.2 Å². The zero-order valence-corrected chi connectivity index (χ0v) is 17.5. The van der Waals surface area contributed by atoms with Crippen LogP contribution in [0.3, 0.4) is 0 Å². The molecule has 0 aliphatic rings. The molecule has 1 amide bonds. The number of amides is 1. The van der Waals surface area contributed by atoms with E-state index >= 15 is 0 Å². The van der Waals surface area contributed by atoms with Crippen molar-refractivity contribution in [3.8, 4) is 17.5 Å². The number of pyridine rings is 1. The molecule has 0 radical (unpaired) electrons. The van der Waals surface area contributed by atoms with Gasteiger partial charge in [-0.05, 0) is 49.6 Å². The molecule has 0 aliphatic heterocycles. The number of furan rings is 1. The molecule has 1 unspecified atom stereocenters. The first-order valence-corrected chi connectivity index (χ1v) is 10.3. The average molecular weight is 431 g/mol. The van der Waals surface area contributed by atoms with Gasteiger partial charge in [-0.2, -0.15) is 5.26 Å². The molecular formula is C23H17N3O4S. The first-order chi connectivity index (χ1) is 15.0. The Kier molecular flexibility index (Phi) is 5.52. The topological polar surface area (TPSA) is 105 Å². The van der Waals surface area contributed by atoms with Crippen molar-refractivity contribution in [1.82, 2.24) is 4.98 Å². The number of thiophene rings is 1. The maximum Gasteiger partial charge on any atom is 0.339 e. The van der Waals surface area contributed by atoms with Crippen LogP contribution in [-0.2, 0) is 9.53 Å². The Morgan fingerprint density at radius 2 is 2.03 bits per heavy atom. The van der Waals surface area contributed by atoms with E-state index in [1.165, 1.54) is 18.3 Å². The number of carbonyl (C=O) groups is 2. The lowest BCUT2D eigenvalue weighted by Gasteiger charge is -2.14. The lowest BCUT2D eigenvalue weighted by molar-refractivity contribution is -0.123. The van der Waals surface area contributed by atoms with Crippen molar-refractivity contribution in [1.29, 1.82) is 5.26 Å². The predicted octanol–water partition coefficient (Wildman–Crippen LogP) is 4.92. The third-order valence-electron chi connectivity index (χ3n) is 4.60. The van der Waals surface area contributed by atoms with E-state index < -0.39 is 18.0 Å². The van der Waals surface area contributed by atoms with E-state index in [9.17, 15) is 9.59 Å². The van der Waals surface area contributed by atoms with Gasteiger partial charge in [-0.25, -0.2) is 9.78 Å². The average Bonchev–Trinajstić information content (AvgIpc) is 3.41. The lowest BCUT2D eigenvalue weighted by Crippen LogP contribution is -2.30. The summed E-state index contributed by atoms with van der Waals surface area (Å²) in [5, 5.41) is 14.4. The van der Waals surface area contributed by atoms with Crippen LogP contribution in [0.4, 0.5) is 5.00 Å². The van der Waals surface area contributed by atoms with Gasteiger partial charge < -0.3 is 14.5 Å². The number of carbonyl (C=O) groups excluding carboxylic acids is 2. The molecule has 1 N–H and O–H groups in total. The molecule has 154 valence electrons. The van der Waals surface area contributed by atoms with Crippen molar-refractivity contribution < 1.29 is 18.7 Å². The summed E-state index contributed by atoms with van der Waals surface area (Å²) in [6, 6.07) is 16.0. The van der Waals surface area contributed by atoms with Crippen LogP contribution >= 0.6 is 11.3 Å². The molecular weight excluding hydrogens is 414 g/mol. The van der Waals surface area contributed by atoms with Gasteiger partial charge in [0, 0.05) is 5.39 Å². The van der Waals surface area contributed by atoms with Gasteiger partial charge in [0.1, 0.15) is 22.5 Å². The number of rotatable bonds is 5. The van der Waals surface area contributed by atoms with Crippen LogP contribution in [0.25, 0.3) is 22.4 Å². The number of ether oxygens (including phenoxy) is 1. The molecule has 0 bridgehead atoms. The highest BCUT2D eigenvalue weighted by molar-refractivity contribution is 7.14. The van der Waals surface area contributed by atoms with Crippen molar-refractivity contribution in [2.75, 3.05) is 5.32 Å². The number of hydrogen-bond donors (Lipinski definition) is 1. The fourth-order valence-electron chi connectivity index (χ4n) is 3.03. The Balaban J connectivity index is 1.61. The van der Waals surface area contributed by atoms with Crippen LogP contribution in [0, 0.1) is 18.3 Å². The second kappa shape index (κ2) is 8.42. The first-order valence-electron chi connectivity index (χ1n) is 9.42. The number of nitriles is 1. The lowest BCUT2D eigenvalue weighted by atomic mass is 10.1. The van der Waals surface area contributed by atoms with Crippen LogP contribution in [0.2, 0.25) is 0 Å². The van der Waals surface area contributed by atoms with E-state index in [0.717, 1.165) is 5.76 Å². The van der Waals surface area contributed by atoms with Gasteiger partial charge in [-0.3, -0.25) is 4.79 Å². The predicted molar refractivity (Wildman–Crippen MR) is 117 cm³/mol. The molecule has 1 aromatic carbocycles. The van der Waals surface area contributed by atoms with E-state index in [4.69, 9.17) is 14.4 Å². The molecule has 0 aliphatic carbocycles. The highest BCUT2D eigenvalue weighted by Crippen LogP contribution is 2.27. The molecule has 31 heavy (non-hydrogen) atoms. The minimum absolute atomic E-state index is 0.281. The maximum absolute atomic E-state index is 13.0. The normalized spacial score (nSPS) is 11.6. The summed E-state index contributed by atoms with van der Waals surface area (Å²) < 4.78 is 11.1. The van der Waals surface area contributed by atoms with Crippen molar-refractivity contribution in [3.05, 3.63) is 70.8 Å². The van der Waals surface area contributed by atoms with Gasteiger partial charge in [0.05, 0.1) is 16.6 Å². The monoisotopic (exact) mass is 431 g/mol. The number of aromatic nitrogens is 1. The fourth-order valence-corrected chi connectivity index (χ4v) is 3.77. The zero-order chi connectivity index (χ0) is 22.0. The quantitative estimate of drug-likeness (QED) is 0.450. The maximum atomic E-state index is 13.0. The van der Waals surface area contributed by atoms with Crippen molar-refractivity contribution in [3.63, 3.8) is 0 Å². The van der Waals surface area contributed by atoms with Gasteiger partial charge >= 0.3 is 5.97 Å². The highest BCUT2D eigenvalue weighted by atomic mass is 32.1. The van der Waals surface area contributed by atoms with E-state index in [1.54, 1.807) is 41.8 Å². The third-order valence-corrected chi connectivity index (χ3v) is 5.43. The van der Waals surface area contributed by atoms with Gasteiger partial charge in [0.15, 0.2) is 11.9 Å². The molecule has 0 spiro atoms. The first kappa shape index (κ1) is 20.3. The molecule has 7 nitrogen and oxygen atoms in total. The van der Waals surface area contributed by atoms with E-state index in [1.807, 2.05) is 25.1 Å². The van der Waals surface area contributed by atoms with Crippen molar-refractivity contribution in [2.45, 2.75) is 20.0 Å². The van der Waals surface area contributed by atoms with Crippen molar-refractivity contribution >= 4 is 39.1 Å². The summed E-state index contributed by atoms with van der Waals surface area (Å²) in [6.07, 6.45) is -1.07. The van der Waals surface area contributed by atoms with Gasteiger partial charge in [0.2, 0.25) is 0 Å². The van der Waals surface area contributed by atoms with Crippen LogP contribution < -0.4 is 5.32 Å². The second-order valence-corrected chi connectivity index (χ2v) is 7.71. The van der Waals surface area contributed by atoms with Crippen molar-refractivity contribution in [2.24, 2.45) is 0 Å². The molecule has 1 atom stereocenters. The summed E-state index contributed by atoms with van der Waals surface area (Å²) in [5.74, 6) is 0.0829. The third kappa shape index (κ3) is 4.17. The Hall–Kier alpha value is -3.96. The Labute approximate surface area is 181 Å². The highest BCUT2D eigenvalue weighted by Gasteiger charge is 2.23. The van der Waals surface area contributed by atoms with E-state index in [2.05, 4.69) is 10.3 Å². The Morgan fingerprint density at radius 1 is 1.23 bits per heavy atom. The number of aryl methyl sites for hydroxylation is 1. The standard InChI is InChI=1S/C23H17N3O4S/c1-13-7-8-20(29-13)19-11-17(16-5-3-4-6-18(16)25-19)23(28)30-14(2)21(27)26-22-15(12-24)9-10-31-22/h3-11,14H,1-2H3,(H,26,27).